The SMILES string of the molecule is CC(C)C(N)CN1C(=O)CC2(CCCC2)CC1=O. The van der Waals surface area contributed by atoms with E-state index in [1.165, 1.54) is 4.90 Å². The van der Waals surface area contributed by atoms with Crippen molar-refractivity contribution in [2.75, 3.05) is 6.54 Å². The van der Waals surface area contributed by atoms with Crippen LogP contribution in [0.5, 0.6) is 0 Å². The van der Waals surface area contributed by atoms with Gasteiger partial charge >= 0.3 is 0 Å². The second-order valence-corrected chi connectivity index (χ2v) is 6.37. The van der Waals surface area contributed by atoms with Crippen LogP contribution in [0.2, 0.25) is 0 Å². The number of hydrogen-bond donors (Lipinski definition) is 1. The normalized spacial score (nSPS) is 25.2. The fraction of sp³-hybridized carbons (Fsp3) is 0.857. The van der Waals surface area contributed by atoms with Gasteiger partial charge in [0.25, 0.3) is 0 Å². The standard InChI is InChI=1S/C14H24N2O2/c1-10(2)11(15)9-16-12(17)7-14(8-13(16)18)5-3-4-6-14/h10-11H,3-9,15H2,1-2H3. The van der Waals surface area contributed by atoms with Crippen LogP contribution < -0.4 is 5.73 Å². The molecule has 2 aliphatic rings. The summed E-state index contributed by atoms with van der Waals surface area (Å²) in [4.78, 5) is 25.7. The first-order chi connectivity index (χ1) is 8.43. The number of rotatable bonds is 3. The zero-order valence-corrected chi connectivity index (χ0v) is 11.4. The van der Waals surface area contributed by atoms with Crippen LogP contribution >= 0.6 is 0 Å². The molecule has 1 saturated heterocycles. The Kier molecular flexibility index (Phi) is 3.76. The number of hydrogen-bond acceptors (Lipinski definition) is 3. The lowest BCUT2D eigenvalue weighted by atomic mass is 9.76. The molecule has 1 saturated carbocycles. The lowest BCUT2D eigenvalue weighted by Gasteiger charge is -2.38. The zero-order valence-electron chi connectivity index (χ0n) is 11.4. The molecule has 18 heavy (non-hydrogen) atoms. The first kappa shape index (κ1) is 13.5. The van der Waals surface area contributed by atoms with Crippen LogP contribution in [-0.2, 0) is 9.59 Å². The number of carbonyl (C=O) groups excluding carboxylic acids is 2. The Morgan fingerprint density at radius 1 is 1.17 bits per heavy atom. The average Bonchev–Trinajstić information content (AvgIpc) is 2.71. The highest BCUT2D eigenvalue weighted by Gasteiger charge is 2.45. The number of nitrogens with two attached hydrogens (primary N) is 1. The topological polar surface area (TPSA) is 63.4 Å². The summed E-state index contributed by atoms with van der Waals surface area (Å²) in [6, 6.07) is -0.115. The highest BCUT2D eigenvalue weighted by Crippen LogP contribution is 2.46. The van der Waals surface area contributed by atoms with E-state index in [1.54, 1.807) is 0 Å². The van der Waals surface area contributed by atoms with Gasteiger partial charge in [-0.1, -0.05) is 26.7 Å². The van der Waals surface area contributed by atoms with Gasteiger partial charge in [0.05, 0.1) is 0 Å². The first-order valence-electron chi connectivity index (χ1n) is 7.02. The maximum Gasteiger partial charge on any atom is 0.229 e. The van der Waals surface area contributed by atoms with E-state index in [1.807, 2.05) is 13.8 Å². The molecule has 2 amide bonds. The summed E-state index contributed by atoms with van der Waals surface area (Å²) >= 11 is 0. The van der Waals surface area contributed by atoms with Crippen molar-refractivity contribution in [2.45, 2.75) is 58.4 Å². The fourth-order valence-electron chi connectivity index (χ4n) is 3.14. The number of carbonyl (C=O) groups is 2. The fourth-order valence-corrected chi connectivity index (χ4v) is 3.14. The molecule has 2 N–H and O–H groups in total. The van der Waals surface area contributed by atoms with Crippen molar-refractivity contribution in [1.29, 1.82) is 0 Å². The van der Waals surface area contributed by atoms with E-state index in [0.29, 0.717) is 19.4 Å². The van der Waals surface area contributed by atoms with E-state index in [0.717, 1.165) is 25.7 Å². The van der Waals surface area contributed by atoms with E-state index in [-0.39, 0.29) is 29.2 Å². The number of imide groups is 1. The Bertz CT molecular complexity index is 326. The Hall–Kier alpha value is -0.900. The molecule has 1 heterocycles. The maximum atomic E-state index is 12.2. The molecule has 1 aliphatic heterocycles. The lowest BCUT2D eigenvalue weighted by Crippen LogP contribution is -2.52. The summed E-state index contributed by atoms with van der Waals surface area (Å²) in [7, 11) is 0. The third-order valence-corrected chi connectivity index (χ3v) is 4.57. The molecule has 1 aliphatic carbocycles. The maximum absolute atomic E-state index is 12.2. The molecule has 1 atom stereocenters. The number of nitrogens with zero attached hydrogens (tertiary/aromatic N) is 1. The molecule has 1 unspecified atom stereocenters. The predicted octanol–water partition coefficient (Wildman–Crippen LogP) is 1.68. The highest BCUT2D eigenvalue weighted by atomic mass is 16.2. The minimum Gasteiger partial charge on any atom is -0.326 e. The minimum atomic E-state index is -0.115. The van der Waals surface area contributed by atoms with Crippen molar-refractivity contribution in [2.24, 2.45) is 17.1 Å². The Labute approximate surface area is 109 Å². The summed E-state index contributed by atoms with van der Waals surface area (Å²) in [5.41, 5.74) is 5.96. The van der Waals surface area contributed by atoms with Crippen LogP contribution in [0, 0.1) is 11.3 Å². The molecular weight excluding hydrogens is 228 g/mol. The molecule has 0 aromatic heterocycles. The quantitative estimate of drug-likeness (QED) is 0.777. The Morgan fingerprint density at radius 2 is 1.67 bits per heavy atom. The molecule has 0 bridgehead atoms. The van der Waals surface area contributed by atoms with Gasteiger partial charge in [-0.25, -0.2) is 0 Å². The average molecular weight is 252 g/mol. The van der Waals surface area contributed by atoms with Gasteiger partial charge in [-0.2, -0.15) is 0 Å². The van der Waals surface area contributed by atoms with Gasteiger partial charge in [-0.05, 0) is 24.2 Å². The van der Waals surface area contributed by atoms with Gasteiger partial charge in [0, 0.05) is 25.4 Å². The molecule has 2 rings (SSSR count). The summed E-state index contributed by atoms with van der Waals surface area (Å²) < 4.78 is 0. The van der Waals surface area contributed by atoms with Crippen LogP contribution in [-0.4, -0.2) is 29.3 Å². The van der Waals surface area contributed by atoms with Crippen molar-refractivity contribution >= 4 is 11.8 Å². The third-order valence-electron chi connectivity index (χ3n) is 4.57. The smallest absolute Gasteiger partial charge is 0.229 e. The summed E-state index contributed by atoms with van der Waals surface area (Å²) in [5, 5.41) is 0. The molecule has 0 aromatic carbocycles. The van der Waals surface area contributed by atoms with E-state index in [9.17, 15) is 9.59 Å². The second kappa shape index (κ2) is 5.00. The van der Waals surface area contributed by atoms with Crippen molar-refractivity contribution in [1.82, 2.24) is 4.90 Å². The van der Waals surface area contributed by atoms with Crippen molar-refractivity contribution < 1.29 is 9.59 Å². The van der Waals surface area contributed by atoms with Crippen LogP contribution in [0.1, 0.15) is 52.4 Å². The van der Waals surface area contributed by atoms with E-state index < -0.39 is 0 Å². The molecule has 0 aromatic rings. The van der Waals surface area contributed by atoms with Gasteiger partial charge in [0.15, 0.2) is 0 Å². The van der Waals surface area contributed by atoms with Gasteiger partial charge in [0.2, 0.25) is 11.8 Å². The van der Waals surface area contributed by atoms with E-state index in [4.69, 9.17) is 5.73 Å². The van der Waals surface area contributed by atoms with Gasteiger partial charge in [-0.15, -0.1) is 0 Å². The van der Waals surface area contributed by atoms with Crippen molar-refractivity contribution in [3.8, 4) is 0 Å². The lowest BCUT2D eigenvalue weighted by molar-refractivity contribution is -0.153. The summed E-state index contributed by atoms with van der Waals surface area (Å²) in [6.07, 6.45) is 5.48. The predicted molar refractivity (Wildman–Crippen MR) is 69.7 cm³/mol. The van der Waals surface area contributed by atoms with Crippen LogP contribution in [0.25, 0.3) is 0 Å². The van der Waals surface area contributed by atoms with Gasteiger partial charge in [-0.3, -0.25) is 14.5 Å². The van der Waals surface area contributed by atoms with Crippen LogP contribution in [0.3, 0.4) is 0 Å². The highest BCUT2D eigenvalue weighted by molar-refractivity contribution is 5.98. The Balaban J connectivity index is 2.03. The molecule has 1 spiro atoms. The molecule has 0 radical (unpaired) electrons. The van der Waals surface area contributed by atoms with E-state index in [2.05, 4.69) is 0 Å². The minimum absolute atomic E-state index is 0.00735. The Morgan fingerprint density at radius 3 is 2.11 bits per heavy atom. The monoisotopic (exact) mass is 252 g/mol. The number of piperidine rings is 1. The van der Waals surface area contributed by atoms with Gasteiger partial charge in [0.1, 0.15) is 0 Å². The second-order valence-electron chi connectivity index (χ2n) is 6.37. The van der Waals surface area contributed by atoms with Crippen molar-refractivity contribution in [3.63, 3.8) is 0 Å². The molecule has 2 fully saturated rings. The molecule has 102 valence electrons. The summed E-state index contributed by atoms with van der Waals surface area (Å²) in [6.45, 7) is 4.41. The number of likely N-dealkylation sites (tertiary alicyclic amines) is 1. The van der Waals surface area contributed by atoms with Crippen molar-refractivity contribution in [3.05, 3.63) is 0 Å². The first-order valence-corrected chi connectivity index (χ1v) is 7.02. The molecule has 4 nitrogen and oxygen atoms in total. The molecule has 4 heteroatoms. The largest absolute Gasteiger partial charge is 0.326 e. The van der Waals surface area contributed by atoms with Crippen LogP contribution in [0.15, 0.2) is 0 Å². The third kappa shape index (κ3) is 2.58. The van der Waals surface area contributed by atoms with E-state index >= 15 is 0 Å². The zero-order chi connectivity index (χ0) is 13.3. The van der Waals surface area contributed by atoms with Gasteiger partial charge < -0.3 is 5.73 Å². The number of amides is 2. The van der Waals surface area contributed by atoms with Crippen LogP contribution in [0.4, 0.5) is 0 Å². The molecular formula is C14H24N2O2. The summed E-state index contributed by atoms with van der Waals surface area (Å²) in [5.74, 6) is 0.265.